The van der Waals surface area contributed by atoms with Gasteiger partial charge < -0.3 is 11.1 Å². The molecule has 0 aromatic heterocycles. The van der Waals surface area contributed by atoms with Crippen molar-refractivity contribution in [3.63, 3.8) is 0 Å². The summed E-state index contributed by atoms with van der Waals surface area (Å²) in [6.45, 7) is 2.81. The summed E-state index contributed by atoms with van der Waals surface area (Å²) in [6.07, 6.45) is 2.52. The van der Waals surface area contributed by atoms with Gasteiger partial charge in [-0.1, -0.05) is 12.1 Å². The second-order valence-electron chi connectivity index (χ2n) is 4.52. The van der Waals surface area contributed by atoms with E-state index in [1.165, 1.54) is 24.6 Å². The first-order chi connectivity index (χ1) is 8.16. The van der Waals surface area contributed by atoms with E-state index in [0.717, 1.165) is 28.6 Å². The van der Waals surface area contributed by atoms with Crippen LogP contribution in [0, 0.1) is 12.8 Å². The zero-order chi connectivity index (χ0) is 12.3. The van der Waals surface area contributed by atoms with E-state index in [1.807, 2.05) is 25.1 Å². The number of amides is 1. The van der Waals surface area contributed by atoms with Gasteiger partial charge in [-0.05, 0) is 37.3 Å². The van der Waals surface area contributed by atoms with Crippen molar-refractivity contribution in [1.29, 1.82) is 0 Å². The smallest absolute Gasteiger partial charge is 0.230 e. The van der Waals surface area contributed by atoms with Gasteiger partial charge in [0, 0.05) is 17.1 Å². The van der Waals surface area contributed by atoms with E-state index in [4.69, 9.17) is 5.73 Å². The fourth-order valence-corrected chi connectivity index (χ4v) is 2.43. The molecule has 0 radical (unpaired) electrons. The Balaban J connectivity index is 1.79. The minimum Gasteiger partial charge on any atom is -0.398 e. The number of hydrogen-bond donors (Lipinski definition) is 2. The highest BCUT2D eigenvalue weighted by Gasteiger charge is 2.21. The number of rotatable bonds is 5. The van der Waals surface area contributed by atoms with Gasteiger partial charge in [0.05, 0.1) is 5.75 Å². The van der Waals surface area contributed by atoms with Crippen LogP contribution in [0.2, 0.25) is 0 Å². The molecule has 1 amide bonds. The summed E-state index contributed by atoms with van der Waals surface area (Å²) in [5.74, 6) is 1.27. The van der Waals surface area contributed by atoms with Gasteiger partial charge in [0.2, 0.25) is 5.91 Å². The summed E-state index contributed by atoms with van der Waals surface area (Å²) in [6, 6.07) is 5.91. The lowest BCUT2D eigenvalue weighted by atomic mass is 10.2. The van der Waals surface area contributed by atoms with Crippen molar-refractivity contribution in [2.75, 3.05) is 18.0 Å². The average Bonchev–Trinajstić information content (AvgIpc) is 3.12. The van der Waals surface area contributed by atoms with Crippen LogP contribution in [0.4, 0.5) is 5.69 Å². The third-order valence-electron chi connectivity index (χ3n) is 2.93. The molecule has 1 aromatic carbocycles. The third-order valence-corrected chi connectivity index (χ3v) is 4.00. The van der Waals surface area contributed by atoms with Gasteiger partial charge in [0.15, 0.2) is 0 Å². The predicted molar refractivity (Wildman–Crippen MR) is 72.0 cm³/mol. The van der Waals surface area contributed by atoms with Crippen molar-refractivity contribution in [3.8, 4) is 0 Å². The first-order valence-corrected chi connectivity index (χ1v) is 6.90. The predicted octanol–water partition coefficient (Wildman–Crippen LogP) is 2.20. The molecule has 1 saturated carbocycles. The minimum absolute atomic E-state index is 0.0998. The zero-order valence-corrected chi connectivity index (χ0v) is 10.8. The Labute approximate surface area is 106 Å². The van der Waals surface area contributed by atoms with E-state index < -0.39 is 0 Å². The lowest BCUT2D eigenvalue weighted by Crippen LogP contribution is -2.27. The molecule has 0 unspecified atom stereocenters. The van der Waals surface area contributed by atoms with E-state index in [2.05, 4.69) is 5.32 Å². The number of para-hydroxylation sites is 1. The highest BCUT2D eigenvalue weighted by molar-refractivity contribution is 8.00. The number of carbonyl (C=O) groups is 1. The van der Waals surface area contributed by atoms with Crippen LogP contribution in [0.5, 0.6) is 0 Å². The number of carbonyl (C=O) groups excluding carboxylic acids is 1. The molecule has 1 aliphatic rings. The summed E-state index contributed by atoms with van der Waals surface area (Å²) in [5.41, 5.74) is 7.80. The number of nitrogen functional groups attached to an aromatic ring is 1. The first kappa shape index (κ1) is 12.3. The summed E-state index contributed by atoms with van der Waals surface area (Å²) < 4.78 is 0. The second-order valence-corrected chi connectivity index (χ2v) is 5.54. The van der Waals surface area contributed by atoms with Crippen molar-refractivity contribution in [3.05, 3.63) is 23.8 Å². The molecule has 0 aliphatic heterocycles. The Hall–Kier alpha value is -1.16. The number of nitrogens with one attached hydrogen (secondary N) is 1. The summed E-state index contributed by atoms with van der Waals surface area (Å²) in [7, 11) is 0. The molecule has 2 rings (SSSR count). The van der Waals surface area contributed by atoms with Crippen molar-refractivity contribution in [1.82, 2.24) is 5.32 Å². The minimum atomic E-state index is 0.0998. The van der Waals surface area contributed by atoms with E-state index in [-0.39, 0.29) is 5.91 Å². The van der Waals surface area contributed by atoms with Gasteiger partial charge in [-0.15, -0.1) is 11.8 Å². The van der Waals surface area contributed by atoms with E-state index in [9.17, 15) is 4.79 Å². The van der Waals surface area contributed by atoms with Gasteiger partial charge >= 0.3 is 0 Å². The number of hydrogen-bond acceptors (Lipinski definition) is 3. The standard InChI is InChI=1S/C13H18N2OS/c1-9-3-2-4-11(13(9)14)17-8-12(16)15-7-10-5-6-10/h2-4,10H,5-8,14H2,1H3,(H,15,16). The fourth-order valence-electron chi connectivity index (χ4n) is 1.55. The number of benzene rings is 1. The molecule has 17 heavy (non-hydrogen) atoms. The van der Waals surface area contributed by atoms with Crippen molar-refractivity contribution in [2.45, 2.75) is 24.7 Å². The molecule has 1 aliphatic carbocycles. The molecule has 0 saturated heterocycles. The Morgan fingerprint density at radius 1 is 1.53 bits per heavy atom. The average molecular weight is 250 g/mol. The molecule has 92 valence electrons. The fraction of sp³-hybridized carbons (Fsp3) is 0.462. The third kappa shape index (κ3) is 3.66. The highest BCUT2D eigenvalue weighted by Crippen LogP contribution is 2.28. The van der Waals surface area contributed by atoms with Gasteiger partial charge in [-0.25, -0.2) is 0 Å². The van der Waals surface area contributed by atoms with Crippen molar-refractivity contribution in [2.24, 2.45) is 5.92 Å². The molecule has 0 atom stereocenters. The van der Waals surface area contributed by atoms with Crippen LogP contribution in [0.3, 0.4) is 0 Å². The van der Waals surface area contributed by atoms with Gasteiger partial charge in [0.25, 0.3) is 0 Å². The Morgan fingerprint density at radius 2 is 2.29 bits per heavy atom. The SMILES string of the molecule is Cc1cccc(SCC(=O)NCC2CC2)c1N. The van der Waals surface area contributed by atoms with Crippen molar-refractivity contribution >= 4 is 23.4 Å². The number of thioether (sulfide) groups is 1. The summed E-state index contributed by atoms with van der Waals surface area (Å²) in [4.78, 5) is 12.6. The maximum Gasteiger partial charge on any atom is 0.230 e. The molecule has 0 bridgehead atoms. The molecule has 0 heterocycles. The summed E-state index contributed by atoms with van der Waals surface area (Å²) >= 11 is 1.50. The van der Waals surface area contributed by atoms with E-state index in [1.54, 1.807) is 0 Å². The first-order valence-electron chi connectivity index (χ1n) is 5.91. The second kappa shape index (κ2) is 5.45. The van der Waals surface area contributed by atoms with Crippen LogP contribution in [0.25, 0.3) is 0 Å². The summed E-state index contributed by atoms with van der Waals surface area (Å²) in [5, 5.41) is 2.95. The largest absolute Gasteiger partial charge is 0.398 e. The van der Waals surface area contributed by atoms with Crippen LogP contribution in [-0.4, -0.2) is 18.2 Å². The molecule has 1 fully saturated rings. The van der Waals surface area contributed by atoms with Crippen LogP contribution >= 0.6 is 11.8 Å². The van der Waals surface area contributed by atoms with Gasteiger partial charge in [-0.2, -0.15) is 0 Å². The quantitative estimate of drug-likeness (QED) is 0.622. The van der Waals surface area contributed by atoms with E-state index >= 15 is 0 Å². The molecule has 0 spiro atoms. The molecule has 3 nitrogen and oxygen atoms in total. The monoisotopic (exact) mass is 250 g/mol. The Morgan fingerprint density at radius 3 is 3.00 bits per heavy atom. The number of nitrogens with two attached hydrogens (primary N) is 1. The Kier molecular flexibility index (Phi) is 3.94. The lowest BCUT2D eigenvalue weighted by Gasteiger charge is -2.08. The van der Waals surface area contributed by atoms with Crippen molar-refractivity contribution < 1.29 is 4.79 Å². The normalized spacial score (nSPS) is 14.6. The molecular weight excluding hydrogens is 232 g/mol. The van der Waals surface area contributed by atoms with Crippen LogP contribution in [0.1, 0.15) is 18.4 Å². The van der Waals surface area contributed by atoms with Crippen LogP contribution in [0.15, 0.2) is 23.1 Å². The number of aryl methyl sites for hydroxylation is 1. The molecule has 1 aromatic rings. The zero-order valence-electron chi connectivity index (χ0n) is 10.0. The molecule has 4 heteroatoms. The van der Waals surface area contributed by atoms with Gasteiger partial charge in [0.1, 0.15) is 0 Å². The molecular formula is C13H18N2OS. The Bertz CT molecular complexity index is 416. The highest BCUT2D eigenvalue weighted by atomic mass is 32.2. The van der Waals surface area contributed by atoms with Crippen LogP contribution in [-0.2, 0) is 4.79 Å². The number of anilines is 1. The molecule has 3 N–H and O–H groups in total. The lowest BCUT2D eigenvalue weighted by molar-refractivity contribution is -0.118. The topological polar surface area (TPSA) is 55.1 Å². The maximum absolute atomic E-state index is 11.6. The van der Waals surface area contributed by atoms with E-state index in [0.29, 0.717) is 5.75 Å². The van der Waals surface area contributed by atoms with Gasteiger partial charge in [-0.3, -0.25) is 4.79 Å². The van der Waals surface area contributed by atoms with Crippen LogP contribution < -0.4 is 11.1 Å². The maximum atomic E-state index is 11.6.